The first kappa shape index (κ1) is 28.6. The van der Waals surface area contributed by atoms with Gasteiger partial charge in [-0.05, 0) is 55.3 Å². The molecule has 1 aliphatic heterocycles. The fourth-order valence-corrected chi connectivity index (χ4v) is 4.82. The summed E-state index contributed by atoms with van der Waals surface area (Å²) in [6.45, 7) is 5.21. The number of carbonyl (C=O) groups excluding carboxylic acids is 1. The standard InChI is InChI=1S/C28H29F3N6O3/c1-6-37(3,4)13-12-19-14-18(16-32)10-11-22(19)24-23(25(38)40-5)17(2)35(26-33-34-27(39)36(24)26)21-9-7-8-20(15-21)28(29,30)31/h7-11,14-15,24H,6,12-13H2,1-5H3/p+1/t24-/m1/s1. The summed E-state index contributed by atoms with van der Waals surface area (Å²) in [7, 11) is 5.34. The molecular weight excluding hydrogens is 525 g/mol. The number of esters is 1. The molecule has 0 saturated carbocycles. The molecule has 9 nitrogen and oxygen atoms in total. The number of rotatable bonds is 7. The minimum absolute atomic E-state index is 0.0134. The number of nitrogens with zero attached hydrogens (tertiary/aromatic N) is 5. The van der Waals surface area contributed by atoms with Crippen molar-refractivity contribution in [2.75, 3.05) is 39.2 Å². The highest BCUT2D eigenvalue weighted by Crippen LogP contribution is 2.43. The summed E-state index contributed by atoms with van der Waals surface area (Å²) in [6.07, 6.45) is -4.07. The summed E-state index contributed by atoms with van der Waals surface area (Å²) in [5, 5.41) is 16.1. The van der Waals surface area contributed by atoms with Gasteiger partial charge in [-0.25, -0.2) is 19.3 Å². The van der Waals surface area contributed by atoms with Crippen molar-refractivity contribution in [2.45, 2.75) is 32.5 Å². The average molecular weight is 556 g/mol. The van der Waals surface area contributed by atoms with E-state index in [0.29, 0.717) is 28.6 Å². The van der Waals surface area contributed by atoms with Crippen LogP contribution in [0.3, 0.4) is 0 Å². The van der Waals surface area contributed by atoms with Crippen LogP contribution < -0.4 is 10.6 Å². The van der Waals surface area contributed by atoms with Gasteiger partial charge in [-0.15, -0.1) is 5.10 Å². The number of hydrogen-bond acceptors (Lipinski definition) is 6. The number of allylic oxidation sites excluding steroid dienone is 1. The number of nitriles is 1. The Labute approximate surface area is 229 Å². The number of quaternary nitrogens is 1. The molecule has 0 amide bonds. The zero-order valence-electron chi connectivity index (χ0n) is 22.8. The summed E-state index contributed by atoms with van der Waals surface area (Å²) in [5.41, 5.74) is 0.582. The Morgan fingerprint density at radius 1 is 1.23 bits per heavy atom. The van der Waals surface area contributed by atoms with Crippen LogP contribution in [0, 0.1) is 11.3 Å². The quantitative estimate of drug-likeness (QED) is 0.345. The zero-order chi connectivity index (χ0) is 29.4. The molecule has 210 valence electrons. The summed E-state index contributed by atoms with van der Waals surface area (Å²) in [6, 6.07) is 10.7. The van der Waals surface area contributed by atoms with E-state index < -0.39 is 29.4 Å². The Morgan fingerprint density at radius 3 is 2.58 bits per heavy atom. The fourth-order valence-electron chi connectivity index (χ4n) is 4.82. The molecule has 40 heavy (non-hydrogen) atoms. The van der Waals surface area contributed by atoms with Gasteiger partial charge in [0.25, 0.3) is 0 Å². The van der Waals surface area contributed by atoms with Crippen LogP contribution in [0.15, 0.2) is 58.5 Å². The van der Waals surface area contributed by atoms with E-state index in [2.05, 4.69) is 37.3 Å². The van der Waals surface area contributed by atoms with E-state index in [0.717, 1.165) is 24.2 Å². The molecule has 4 rings (SSSR count). The van der Waals surface area contributed by atoms with Crippen LogP contribution in [0.2, 0.25) is 0 Å². The summed E-state index contributed by atoms with van der Waals surface area (Å²) in [5.74, 6) is -0.738. The number of fused-ring (bicyclic) bond motifs is 1. The molecule has 0 unspecified atom stereocenters. The van der Waals surface area contributed by atoms with Crippen molar-refractivity contribution >= 4 is 17.6 Å². The van der Waals surface area contributed by atoms with Crippen molar-refractivity contribution in [1.29, 1.82) is 5.26 Å². The molecule has 1 atom stereocenters. The fraction of sp³-hybridized carbons (Fsp3) is 0.357. The molecule has 0 radical (unpaired) electrons. The lowest BCUT2D eigenvalue weighted by atomic mass is 9.89. The van der Waals surface area contributed by atoms with Crippen LogP contribution in [0.1, 0.15) is 42.1 Å². The first-order valence-electron chi connectivity index (χ1n) is 12.6. The number of hydrogen-bond donors (Lipinski definition) is 1. The van der Waals surface area contributed by atoms with E-state index in [9.17, 15) is 28.0 Å². The number of benzene rings is 2. The van der Waals surface area contributed by atoms with Gasteiger partial charge in [0.05, 0.1) is 57.1 Å². The van der Waals surface area contributed by atoms with Crippen molar-refractivity contribution in [3.05, 3.63) is 86.5 Å². The molecule has 0 saturated heterocycles. The second-order valence-corrected chi connectivity index (χ2v) is 10.2. The van der Waals surface area contributed by atoms with Gasteiger partial charge in [0, 0.05) is 17.8 Å². The van der Waals surface area contributed by atoms with Crippen molar-refractivity contribution < 1.29 is 27.2 Å². The maximum atomic E-state index is 13.6. The summed E-state index contributed by atoms with van der Waals surface area (Å²) in [4.78, 5) is 27.9. The molecular formula is C28H30F3N6O3+. The van der Waals surface area contributed by atoms with E-state index in [1.807, 2.05) is 0 Å². The van der Waals surface area contributed by atoms with Crippen molar-refractivity contribution in [3.63, 3.8) is 0 Å². The molecule has 0 spiro atoms. The molecule has 12 heteroatoms. The maximum absolute atomic E-state index is 13.6. The van der Waals surface area contributed by atoms with Gasteiger partial charge >= 0.3 is 17.8 Å². The molecule has 1 aliphatic rings. The van der Waals surface area contributed by atoms with E-state index in [4.69, 9.17) is 4.74 Å². The second-order valence-electron chi connectivity index (χ2n) is 10.2. The van der Waals surface area contributed by atoms with Crippen LogP contribution in [0.25, 0.3) is 0 Å². The normalized spacial score (nSPS) is 15.6. The predicted octanol–water partition coefficient (Wildman–Crippen LogP) is 4.29. The minimum Gasteiger partial charge on any atom is -0.466 e. The molecule has 0 fully saturated rings. The van der Waals surface area contributed by atoms with E-state index >= 15 is 0 Å². The van der Waals surface area contributed by atoms with E-state index in [1.54, 1.807) is 25.1 Å². The maximum Gasteiger partial charge on any atom is 0.416 e. The van der Waals surface area contributed by atoms with Crippen LogP contribution in [-0.4, -0.2) is 59.5 Å². The number of anilines is 2. The first-order chi connectivity index (χ1) is 18.8. The SMILES string of the molecule is CC[N+](C)(C)CCc1cc(C#N)ccc1[C@@H]1C(C(=O)OC)=C(C)N(c2cccc(C(F)(F)F)c2)c2n[nH]c(=O)n21. The monoisotopic (exact) mass is 555 g/mol. The van der Waals surface area contributed by atoms with Gasteiger partial charge in [0.15, 0.2) is 0 Å². The number of halogens is 3. The number of aromatic nitrogens is 3. The largest absolute Gasteiger partial charge is 0.466 e. The van der Waals surface area contributed by atoms with Crippen molar-refractivity contribution in [3.8, 4) is 6.07 Å². The Bertz CT molecular complexity index is 1580. The van der Waals surface area contributed by atoms with Gasteiger partial charge < -0.3 is 9.22 Å². The van der Waals surface area contributed by atoms with Gasteiger partial charge in [-0.3, -0.25) is 4.90 Å². The molecule has 2 heterocycles. The minimum atomic E-state index is -4.61. The van der Waals surface area contributed by atoms with Gasteiger partial charge in [-0.1, -0.05) is 12.1 Å². The van der Waals surface area contributed by atoms with Gasteiger partial charge in [0.2, 0.25) is 5.95 Å². The van der Waals surface area contributed by atoms with E-state index in [-0.39, 0.29) is 22.9 Å². The lowest BCUT2D eigenvalue weighted by Gasteiger charge is -2.36. The van der Waals surface area contributed by atoms with Crippen LogP contribution >= 0.6 is 0 Å². The number of alkyl halides is 3. The van der Waals surface area contributed by atoms with Crippen LogP contribution in [0.4, 0.5) is 24.8 Å². The summed E-state index contributed by atoms with van der Waals surface area (Å²) < 4.78 is 47.7. The number of H-pyrrole nitrogens is 1. The number of methoxy groups -OCH3 is 1. The molecule has 3 aromatic rings. The zero-order valence-corrected chi connectivity index (χ0v) is 22.8. The molecule has 0 bridgehead atoms. The number of ether oxygens (including phenoxy) is 1. The third kappa shape index (κ3) is 5.24. The first-order valence-corrected chi connectivity index (χ1v) is 12.6. The van der Waals surface area contributed by atoms with Crippen LogP contribution in [-0.2, 0) is 22.1 Å². The summed E-state index contributed by atoms with van der Waals surface area (Å²) >= 11 is 0. The Hall–Kier alpha value is -4.37. The van der Waals surface area contributed by atoms with Gasteiger partial charge in [0.1, 0.15) is 6.04 Å². The highest BCUT2D eigenvalue weighted by atomic mass is 19.4. The number of likely N-dealkylation sites (N-methyl/N-ethyl adjacent to an activating group) is 1. The lowest BCUT2D eigenvalue weighted by Crippen LogP contribution is -2.41. The van der Waals surface area contributed by atoms with Crippen molar-refractivity contribution in [1.82, 2.24) is 14.8 Å². The molecule has 1 aromatic heterocycles. The molecule has 2 aromatic carbocycles. The highest BCUT2D eigenvalue weighted by Gasteiger charge is 2.41. The molecule has 1 N–H and O–H groups in total. The van der Waals surface area contributed by atoms with E-state index in [1.165, 1.54) is 28.7 Å². The second kappa shape index (κ2) is 10.7. The highest BCUT2D eigenvalue weighted by molar-refractivity contribution is 5.93. The number of nitrogens with one attached hydrogen (secondary N) is 1. The predicted molar refractivity (Wildman–Crippen MR) is 142 cm³/mol. The smallest absolute Gasteiger partial charge is 0.416 e. The third-order valence-electron chi connectivity index (χ3n) is 7.39. The lowest BCUT2D eigenvalue weighted by molar-refractivity contribution is -0.888. The number of aromatic amines is 1. The third-order valence-corrected chi connectivity index (χ3v) is 7.39. The Balaban J connectivity index is 1.98. The average Bonchev–Trinajstić information content (AvgIpc) is 3.30. The Morgan fingerprint density at radius 2 is 1.95 bits per heavy atom. The number of carbonyl (C=O) groups is 1. The van der Waals surface area contributed by atoms with Crippen LogP contribution in [0.5, 0.6) is 0 Å². The molecule has 0 aliphatic carbocycles. The Kier molecular flexibility index (Phi) is 7.63. The van der Waals surface area contributed by atoms with Gasteiger partial charge in [-0.2, -0.15) is 18.4 Å². The van der Waals surface area contributed by atoms with Crippen molar-refractivity contribution in [2.24, 2.45) is 0 Å². The topological polar surface area (TPSA) is 104 Å².